The van der Waals surface area contributed by atoms with Gasteiger partial charge in [-0.2, -0.15) is 0 Å². The number of imidazole rings is 1. The number of rotatable bonds is 5. The van der Waals surface area contributed by atoms with E-state index in [1.165, 1.54) is 5.56 Å². The molecule has 0 spiro atoms. The van der Waals surface area contributed by atoms with Gasteiger partial charge in [0.15, 0.2) is 0 Å². The minimum atomic E-state index is -0.430. The molecule has 0 amide bonds. The van der Waals surface area contributed by atoms with E-state index in [1.807, 2.05) is 54.7 Å². The van der Waals surface area contributed by atoms with E-state index >= 15 is 0 Å². The third-order valence-electron chi connectivity index (χ3n) is 13.2. The molecule has 3 aromatic heterocycles. The number of ether oxygens (including phenoxy) is 1. The van der Waals surface area contributed by atoms with Crippen LogP contribution in [-0.4, -0.2) is 14.1 Å². The molecule has 0 N–H and O–H groups in total. The number of fused-ring (bicyclic) bond motifs is 10. The quantitative estimate of drug-likeness (QED) is 0.128. The van der Waals surface area contributed by atoms with Gasteiger partial charge in [0.05, 0.1) is 40.3 Å². The Morgan fingerprint density at radius 2 is 1.21 bits per heavy atom. The molecule has 5 heteroatoms. The summed E-state index contributed by atoms with van der Waals surface area (Å²) in [5.41, 5.74) is 13.6. The lowest BCUT2D eigenvalue weighted by Crippen LogP contribution is -2.35. The van der Waals surface area contributed by atoms with Gasteiger partial charge in [-0.25, -0.2) is 4.98 Å². The van der Waals surface area contributed by atoms with Crippen molar-refractivity contribution in [3.63, 3.8) is 0 Å². The zero-order valence-electron chi connectivity index (χ0n) is 43.3. The summed E-state index contributed by atoms with van der Waals surface area (Å²) in [5.74, 6) is 2.16. The monoisotopic (exact) mass is 871 g/mol. The third-order valence-corrected chi connectivity index (χ3v) is 13.2. The van der Waals surface area contributed by atoms with Crippen LogP contribution in [0.2, 0.25) is 0 Å². The second-order valence-corrected chi connectivity index (χ2v) is 19.5. The second-order valence-electron chi connectivity index (χ2n) is 19.5. The van der Waals surface area contributed by atoms with Gasteiger partial charge in [-0.1, -0.05) is 175 Å². The standard InChI is InChI=1S/C62H50N4O/c1-61(2,3)41-34-35-63-57(36-41)66-54-30-13-12-24-48(54)49-33-32-44(38-56(49)66)67-43-21-14-20-42(37-43)64-39-65-59-51(27-16-29-53(59)62(4,5)6)47-23-11-10-22-46(47)50-26-15-25-45(40-18-8-7-9-19-40)58(50)52-28-17-31-55(64)60(52)65/h7-38H,1-6H3/i7D,8D,9D,18D,19D. The zero-order valence-corrected chi connectivity index (χ0v) is 38.3. The Morgan fingerprint density at radius 1 is 0.552 bits per heavy atom. The van der Waals surface area contributed by atoms with Crippen LogP contribution < -0.4 is 9.30 Å². The molecule has 0 radical (unpaired) electrons. The summed E-state index contributed by atoms with van der Waals surface area (Å²) in [6.45, 7) is 13.3. The van der Waals surface area contributed by atoms with E-state index in [4.69, 9.17) is 13.8 Å². The van der Waals surface area contributed by atoms with E-state index in [1.54, 1.807) is 0 Å². The number of para-hydroxylation sites is 3. The molecule has 11 aromatic rings. The van der Waals surface area contributed by atoms with Crippen molar-refractivity contribution in [3.05, 3.63) is 212 Å². The zero-order chi connectivity index (χ0) is 50.0. The third kappa shape index (κ3) is 6.68. The van der Waals surface area contributed by atoms with Crippen molar-refractivity contribution >= 4 is 32.8 Å². The van der Waals surface area contributed by atoms with Crippen molar-refractivity contribution < 1.29 is 16.2 Å². The Morgan fingerprint density at radius 3 is 2.03 bits per heavy atom. The molecular formula is C62H50N4O. The summed E-state index contributed by atoms with van der Waals surface area (Å²) >= 11 is 0. The lowest BCUT2D eigenvalue weighted by atomic mass is 9.82. The Bertz CT molecular complexity index is 4030. The van der Waals surface area contributed by atoms with E-state index < -0.39 is 6.04 Å². The van der Waals surface area contributed by atoms with Gasteiger partial charge in [-0.15, -0.1) is 0 Å². The highest BCUT2D eigenvalue weighted by Gasteiger charge is 2.30. The molecule has 8 aromatic carbocycles. The maximum atomic E-state index is 9.23. The maximum absolute atomic E-state index is 9.23. The molecule has 0 bridgehead atoms. The average Bonchev–Trinajstić information content (AvgIpc) is 3.94. The van der Waals surface area contributed by atoms with E-state index in [9.17, 15) is 2.74 Å². The van der Waals surface area contributed by atoms with E-state index in [0.717, 1.165) is 89.0 Å². The number of pyridine rings is 1. The van der Waals surface area contributed by atoms with Gasteiger partial charge >= 0.3 is 0 Å². The van der Waals surface area contributed by atoms with Gasteiger partial charge in [-0.3, -0.25) is 13.7 Å². The first-order chi connectivity index (χ1) is 34.6. The molecule has 1 aliphatic rings. The van der Waals surface area contributed by atoms with Gasteiger partial charge in [0.2, 0.25) is 0 Å². The first-order valence-corrected chi connectivity index (χ1v) is 22.8. The highest BCUT2D eigenvalue weighted by atomic mass is 16.5. The molecule has 0 aliphatic carbocycles. The molecule has 0 saturated carbocycles. The minimum Gasteiger partial charge on any atom is -0.458 e. The van der Waals surface area contributed by atoms with Gasteiger partial charge < -0.3 is 4.74 Å². The van der Waals surface area contributed by atoms with Crippen LogP contribution in [0.4, 0.5) is 0 Å². The van der Waals surface area contributed by atoms with E-state index in [0.29, 0.717) is 17.1 Å². The Labute approximate surface area is 398 Å². The SMILES string of the molecule is [2H]c1c([2H])c([2H])c(-c2cccc3c2-c2cccc4c2[n+]([c-]n4-c2cccc(Oc4ccc5c6ccccc6n(-c6cc(C(C)(C)C)ccn6)c5c4)c2)-c2c(cccc2C(C)(C)C)-c2ccccc2-3)c([2H])c1[2H]. The first-order valence-electron chi connectivity index (χ1n) is 25.3. The summed E-state index contributed by atoms with van der Waals surface area (Å²) < 4.78 is 57.7. The molecule has 1 aliphatic heterocycles. The highest BCUT2D eigenvalue weighted by molar-refractivity contribution is 6.10. The van der Waals surface area contributed by atoms with Crippen molar-refractivity contribution in [3.8, 4) is 73.2 Å². The van der Waals surface area contributed by atoms with Crippen molar-refractivity contribution in [2.45, 2.75) is 52.4 Å². The van der Waals surface area contributed by atoms with Crippen LogP contribution >= 0.6 is 0 Å². The number of aromatic nitrogens is 4. The summed E-state index contributed by atoms with van der Waals surface area (Å²) in [4.78, 5) is 4.89. The largest absolute Gasteiger partial charge is 0.458 e. The van der Waals surface area contributed by atoms with Crippen molar-refractivity contribution in [1.82, 2.24) is 14.1 Å². The fourth-order valence-corrected chi connectivity index (χ4v) is 10.0. The number of hydrogen-bond donors (Lipinski definition) is 0. The summed E-state index contributed by atoms with van der Waals surface area (Å²) in [6, 6.07) is 52.2. The normalized spacial score (nSPS) is 13.4. The predicted octanol–water partition coefficient (Wildman–Crippen LogP) is 15.6. The molecule has 0 saturated heterocycles. The van der Waals surface area contributed by atoms with Crippen LogP contribution in [0.5, 0.6) is 11.5 Å². The summed E-state index contributed by atoms with van der Waals surface area (Å²) in [6.07, 6.45) is 5.75. The van der Waals surface area contributed by atoms with E-state index in [-0.39, 0.29) is 40.6 Å². The average molecular weight is 872 g/mol. The van der Waals surface area contributed by atoms with Crippen molar-refractivity contribution in [2.75, 3.05) is 0 Å². The topological polar surface area (TPSA) is 35.9 Å². The van der Waals surface area contributed by atoms with Gasteiger partial charge in [0, 0.05) is 23.0 Å². The van der Waals surface area contributed by atoms with Crippen LogP contribution in [0.25, 0.3) is 94.5 Å². The number of hydrogen-bond acceptors (Lipinski definition) is 2. The molecule has 0 unspecified atom stereocenters. The van der Waals surface area contributed by atoms with Crippen molar-refractivity contribution in [2.24, 2.45) is 0 Å². The van der Waals surface area contributed by atoms with Crippen LogP contribution in [0.15, 0.2) is 194 Å². The maximum Gasteiger partial charge on any atom is 0.269 e. The highest BCUT2D eigenvalue weighted by Crippen LogP contribution is 2.48. The molecule has 12 rings (SSSR count). The summed E-state index contributed by atoms with van der Waals surface area (Å²) in [7, 11) is 0. The van der Waals surface area contributed by atoms with Gasteiger partial charge in [0.25, 0.3) is 6.33 Å². The molecule has 324 valence electrons. The Hall–Kier alpha value is -8.02. The smallest absolute Gasteiger partial charge is 0.269 e. The van der Waals surface area contributed by atoms with Crippen LogP contribution in [0.1, 0.15) is 59.5 Å². The molecule has 0 fully saturated rings. The lowest BCUT2D eigenvalue weighted by molar-refractivity contribution is -0.572. The predicted molar refractivity (Wildman–Crippen MR) is 275 cm³/mol. The first kappa shape index (κ1) is 35.3. The molecule has 5 nitrogen and oxygen atoms in total. The molecule has 0 atom stereocenters. The number of benzene rings is 8. The lowest BCUT2D eigenvalue weighted by Gasteiger charge is -2.26. The fourth-order valence-electron chi connectivity index (χ4n) is 10.0. The van der Waals surface area contributed by atoms with Crippen LogP contribution in [-0.2, 0) is 10.8 Å². The van der Waals surface area contributed by atoms with Gasteiger partial charge in [0.1, 0.15) is 17.3 Å². The van der Waals surface area contributed by atoms with Gasteiger partial charge in [-0.05, 0) is 115 Å². The number of nitrogens with zero attached hydrogens (tertiary/aromatic N) is 4. The Balaban J connectivity index is 1.08. The second kappa shape index (κ2) is 15.3. The molecule has 67 heavy (non-hydrogen) atoms. The van der Waals surface area contributed by atoms with Crippen molar-refractivity contribution in [1.29, 1.82) is 0 Å². The fraction of sp³-hybridized carbons (Fsp3) is 0.129. The Kier molecular flexibility index (Phi) is 8.05. The van der Waals surface area contributed by atoms with Crippen LogP contribution in [0.3, 0.4) is 0 Å². The summed E-state index contributed by atoms with van der Waals surface area (Å²) in [5, 5.41) is 2.24. The molecule has 4 heterocycles. The molecular weight excluding hydrogens is 817 g/mol. The van der Waals surface area contributed by atoms with Crippen LogP contribution in [0, 0.1) is 6.33 Å². The van der Waals surface area contributed by atoms with E-state index in [2.05, 4.69) is 171 Å². The minimum absolute atomic E-state index is 0.0557.